The zero-order valence-electron chi connectivity index (χ0n) is 13.1. The molecule has 0 N–H and O–H groups in total. The summed E-state index contributed by atoms with van der Waals surface area (Å²) in [6.45, 7) is 0.682. The van der Waals surface area contributed by atoms with Gasteiger partial charge in [0.25, 0.3) is 0 Å². The molecule has 1 aliphatic rings. The van der Waals surface area contributed by atoms with Crippen molar-refractivity contribution in [3.63, 3.8) is 0 Å². The number of carbonyl (C=O) groups excluding carboxylic acids is 1. The molecule has 1 aromatic rings. The number of piperidine rings is 1. The van der Waals surface area contributed by atoms with Gasteiger partial charge in [0.15, 0.2) is 0 Å². The van der Waals surface area contributed by atoms with Gasteiger partial charge < -0.3 is 4.90 Å². The highest BCUT2D eigenvalue weighted by molar-refractivity contribution is 7.88. The Labute approximate surface area is 147 Å². The third kappa shape index (κ3) is 4.59. The summed E-state index contributed by atoms with van der Waals surface area (Å²) in [5, 5.41) is 0.723. The molecule has 1 amide bonds. The molecule has 1 fully saturated rings. The number of hydrogen-bond acceptors (Lipinski definition) is 3. The van der Waals surface area contributed by atoms with Crippen LogP contribution in [0.1, 0.15) is 18.4 Å². The van der Waals surface area contributed by atoms with E-state index in [0.29, 0.717) is 28.6 Å². The SMILES string of the molecule is CN(C)C(=O)C1CCCN(S(=O)(=O)Cc2ccc(Cl)c(Cl)c2)C1. The van der Waals surface area contributed by atoms with Gasteiger partial charge in [-0.3, -0.25) is 4.79 Å². The lowest BCUT2D eigenvalue weighted by atomic mass is 9.98. The smallest absolute Gasteiger partial charge is 0.226 e. The van der Waals surface area contributed by atoms with Crippen LogP contribution < -0.4 is 0 Å². The van der Waals surface area contributed by atoms with Crippen molar-refractivity contribution in [2.45, 2.75) is 18.6 Å². The highest BCUT2D eigenvalue weighted by Crippen LogP contribution is 2.26. The highest BCUT2D eigenvalue weighted by Gasteiger charge is 2.33. The number of nitrogens with zero attached hydrogens (tertiary/aromatic N) is 2. The van der Waals surface area contributed by atoms with Crippen molar-refractivity contribution >= 4 is 39.1 Å². The standard InChI is InChI=1S/C15H20Cl2N2O3S/c1-18(2)15(20)12-4-3-7-19(9-12)23(21,22)10-11-5-6-13(16)14(17)8-11/h5-6,8,12H,3-4,7,9-10H2,1-2H3. The normalized spacial score (nSPS) is 19.6. The molecule has 8 heteroatoms. The Morgan fingerprint density at radius 3 is 2.61 bits per heavy atom. The summed E-state index contributed by atoms with van der Waals surface area (Å²) in [4.78, 5) is 13.6. The molecular formula is C15H20Cl2N2O3S. The van der Waals surface area contributed by atoms with Gasteiger partial charge in [0, 0.05) is 27.2 Å². The van der Waals surface area contributed by atoms with Gasteiger partial charge in [0.1, 0.15) is 0 Å². The van der Waals surface area contributed by atoms with Crippen LogP contribution in [0.2, 0.25) is 10.0 Å². The van der Waals surface area contributed by atoms with Crippen LogP contribution in [0, 0.1) is 5.92 Å². The van der Waals surface area contributed by atoms with Gasteiger partial charge in [-0.2, -0.15) is 0 Å². The van der Waals surface area contributed by atoms with Crippen molar-refractivity contribution in [3.8, 4) is 0 Å². The fourth-order valence-corrected chi connectivity index (χ4v) is 4.61. The number of hydrogen-bond donors (Lipinski definition) is 0. The fourth-order valence-electron chi connectivity index (χ4n) is 2.69. The maximum absolute atomic E-state index is 12.6. The van der Waals surface area contributed by atoms with Crippen LogP contribution in [0.4, 0.5) is 0 Å². The predicted molar refractivity (Wildman–Crippen MR) is 92.1 cm³/mol. The third-order valence-electron chi connectivity index (χ3n) is 3.90. The number of benzene rings is 1. The third-order valence-corrected chi connectivity index (χ3v) is 6.46. The molecule has 2 rings (SSSR count). The average Bonchev–Trinajstić information content (AvgIpc) is 2.50. The van der Waals surface area contributed by atoms with E-state index in [2.05, 4.69) is 0 Å². The summed E-state index contributed by atoms with van der Waals surface area (Å²) >= 11 is 11.8. The van der Waals surface area contributed by atoms with Crippen LogP contribution in [0.25, 0.3) is 0 Å². The van der Waals surface area contributed by atoms with E-state index in [4.69, 9.17) is 23.2 Å². The Morgan fingerprint density at radius 1 is 1.30 bits per heavy atom. The first-order valence-electron chi connectivity index (χ1n) is 7.33. The molecule has 23 heavy (non-hydrogen) atoms. The average molecular weight is 379 g/mol. The summed E-state index contributed by atoms with van der Waals surface area (Å²) in [6, 6.07) is 4.80. The Morgan fingerprint density at radius 2 is 2.00 bits per heavy atom. The van der Waals surface area contributed by atoms with Crippen molar-refractivity contribution in [3.05, 3.63) is 33.8 Å². The van der Waals surface area contributed by atoms with Gasteiger partial charge in [-0.05, 0) is 30.5 Å². The van der Waals surface area contributed by atoms with E-state index < -0.39 is 10.0 Å². The zero-order valence-corrected chi connectivity index (χ0v) is 15.5. The minimum absolute atomic E-state index is 0.0283. The van der Waals surface area contributed by atoms with Crippen molar-refractivity contribution in [1.82, 2.24) is 9.21 Å². The lowest BCUT2D eigenvalue weighted by Crippen LogP contribution is -2.45. The fraction of sp³-hybridized carbons (Fsp3) is 0.533. The molecule has 128 valence electrons. The van der Waals surface area contributed by atoms with Gasteiger partial charge >= 0.3 is 0 Å². The quantitative estimate of drug-likeness (QED) is 0.808. The van der Waals surface area contributed by atoms with Gasteiger partial charge in [0.05, 0.1) is 21.7 Å². The first kappa shape index (κ1) is 18.5. The molecule has 0 spiro atoms. The minimum Gasteiger partial charge on any atom is -0.349 e. The van der Waals surface area contributed by atoms with Crippen molar-refractivity contribution < 1.29 is 13.2 Å². The Bertz CT molecular complexity index is 692. The second-order valence-electron chi connectivity index (χ2n) is 5.93. The van der Waals surface area contributed by atoms with E-state index in [9.17, 15) is 13.2 Å². The van der Waals surface area contributed by atoms with Crippen LogP contribution in [-0.2, 0) is 20.6 Å². The number of halogens is 2. The van der Waals surface area contributed by atoms with E-state index in [1.54, 1.807) is 32.3 Å². The minimum atomic E-state index is -3.50. The molecule has 1 aromatic carbocycles. The van der Waals surface area contributed by atoms with E-state index >= 15 is 0 Å². The van der Waals surface area contributed by atoms with E-state index in [-0.39, 0.29) is 24.1 Å². The van der Waals surface area contributed by atoms with Crippen LogP contribution >= 0.6 is 23.2 Å². The maximum atomic E-state index is 12.6. The van der Waals surface area contributed by atoms with Gasteiger partial charge in [-0.1, -0.05) is 29.3 Å². The monoisotopic (exact) mass is 378 g/mol. The molecule has 0 bridgehead atoms. The molecule has 1 unspecified atom stereocenters. The topological polar surface area (TPSA) is 57.7 Å². The van der Waals surface area contributed by atoms with E-state index in [1.807, 2.05) is 0 Å². The molecule has 1 heterocycles. The highest BCUT2D eigenvalue weighted by atomic mass is 35.5. The summed E-state index contributed by atoms with van der Waals surface area (Å²) < 4.78 is 26.6. The molecule has 0 aromatic heterocycles. The molecular weight excluding hydrogens is 359 g/mol. The van der Waals surface area contributed by atoms with Gasteiger partial charge in [-0.25, -0.2) is 12.7 Å². The van der Waals surface area contributed by atoms with Crippen molar-refractivity contribution in [2.75, 3.05) is 27.2 Å². The van der Waals surface area contributed by atoms with Crippen molar-refractivity contribution in [2.24, 2.45) is 5.92 Å². The molecule has 0 aliphatic carbocycles. The number of carbonyl (C=O) groups is 1. The van der Waals surface area contributed by atoms with Crippen LogP contribution in [0.3, 0.4) is 0 Å². The number of amides is 1. The van der Waals surface area contributed by atoms with Gasteiger partial charge in [-0.15, -0.1) is 0 Å². The summed E-state index contributed by atoms with van der Waals surface area (Å²) in [6.07, 6.45) is 1.40. The Kier molecular flexibility index (Phi) is 5.94. The van der Waals surface area contributed by atoms with Crippen molar-refractivity contribution in [1.29, 1.82) is 0 Å². The molecule has 1 atom stereocenters. The lowest BCUT2D eigenvalue weighted by Gasteiger charge is -2.32. The lowest BCUT2D eigenvalue weighted by molar-refractivity contribution is -0.134. The second kappa shape index (κ2) is 7.38. The van der Waals surface area contributed by atoms with E-state index in [1.165, 1.54) is 9.21 Å². The molecule has 5 nitrogen and oxygen atoms in total. The Hall–Kier alpha value is -0.820. The van der Waals surface area contributed by atoms with Crippen LogP contribution in [0.15, 0.2) is 18.2 Å². The summed E-state index contributed by atoms with van der Waals surface area (Å²) in [7, 11) is -0.125. The summed E-state index contributed by atoms with van der Waals surface area (Å²) in [5.41, 5.74) is 0.584. The van der Waals surface area contributed by atoms with Crippen LogP contribution in [-0.4, -0.2) is 50.7 Å². The van der Waals surface area contributed by atoms with Gasteiger partial charge in [0.2, 0.25) is 15.9 Å². The predicted octanol–water partition coefficient (Wildman–Crippen LogP) is 2.62. The molecule has 1 saturated heterocycles. The largest absolute Gasteiger partial charge is 0.349 e. The first-order chi connectivity index (χ1) is 10.7. The molecule has 0 saturated carbocycles. The first-order valence-corrected chi connectivity index (χ1v) is 9.70. The molecule has 1 aliphatic heterocycles. The maximum Gasteiger partial charge on any atom is 0.226 e. The molecule has 0 radical (unpaired) electrons. The Balaban J connectivity index is 2.12. The number of rotatable bonds is 4. The van der Waals surface area contributed by atoms with Crippen LogP contribution in [0.5, 0.6) is 0 Å². The zero-order chi connectivity index (χ0) is 17.2. The second-order valence-corrected chi connectivity index (χ2v) is 8.72. The van der Waals surface area contributed by atoms with E-state index in [0.717, 1.165) is 6.42 Å². The number of sulfonamides is 1. The summed E-state index contributed by atoms with van der Waals surface area (Å²) in [5.74, 6) is -0.450.